The lowest BCUT2D eigenvalue weighted by Crippen LogP contribution is -2.04. The van der Waals surface area contributed by atoms with E-state index in [1.165, 1.54) is 13.8 Å². The molecule has 0 aliphatic heterocycles. The molecular weight excluding hydrogens is 296 g/mol. The molecule has 0 amide bonds. The monoisotopic (exact) mass is 314 g/mol. The van der Waals surface area contributed by atoms with Crippen LogP contribution >= 0.6 is 0 Å². The number of benzene rings is 3. The Morgan fingerprint density at radius 2 is 1.08 bits per heavy atom. The summed E-state index contributed by atoms with van der Waals surface area (Å²) in [5.74, 6) is -0.0908. The first kappa shape index (κ1) is 15.9. The fourth-order valence-corrected chi connectivity index (χ4v) is 3.00. The second-order valence-electron chi connectivity index (χ2n) is 5.75. The molecular formula is C22H18O2. The largest absolute Gasteiger partial charge is 0.294 e. The van der Waals surface area contributed by atoms with E-state index in [0.29, 0.717) is 11.1 Å². The highest BCUT2D eigenvalue weighted by molar-refractivity contribution is 6.10. The Morgan fingerprint density at radius 1 is 0.583 bits per heavy atom. The van der Waals surface area contributed by atoms with Crippen LogP contribution in [0.5, 0.6) is 0 Å². The molecule has 0 radical (unpaired) electrons. The Labute approximate surface area is 141 Å². The van der Waals surface area contributed by atoms with Gasteiger partial charge in [-0.05, 0) is 30.5 Å². The van der Waals surface area contributed by atoms with Crippen LogP contribution in [0.4, 0.5) is 0 Å². The summed E-state index contributed by atoms with van der Waals surface area (Å²) in [7, 11) is 0. The van der Waals surface area contributed by atoms with E-state index in [9.17, 15) is 9.59 Å². The van der Waals surface area contributed by atoms with Gasteiger partial charge in [-0.1, -0.05) is 72.8 Å². The molecule has 0 aliphatic carbocycles. The summed E-state index contributed by atoms with van der Waals surface area (Å²) in [5.41, 5.74) is 4.84. The Bertz CT molecular complexity index is 876. The lowest BCUT2D eigenvalue weighted by atomic mass is 9.86. The highest BCUT2D eigenvalue weighted by Crippen LogP contribution is 2.36. The van der Waals surface area contributed by atoms with Gasteiger partial charge in [0, 0.05) is 16.7 Å². The topological polar surface area (TPSA) is 34.1 Å². The number of ketones is 2. The molecule has 2 heteroatoms. The third-order valence-corrected chi connectivity index (χ3v) is 4.10. The molecule has 0 spiro atoms. The van der Waals surface area contributed by atoms with Crippen molar-refractivity contribution in [3.63, 3.8) is 0 Å². The first-order valence-corrected chi connectivity index (χ1v) is 7.89. The summed E-state index contributed by atoms with van der Waals surface area (Å²) in [4.78, 5) is 24.3. The van der Waals surface area contributed by atoms with Crippen molar-refractivity contribution in [1.82, 2.24) is 0 Å². The van der Waals surface area contributed by atoms with Crippen LogP contribution in [0, 0.1) is 0 Å². The summed E-state index contributed by atoms with van der Waals surface area (Å²) in [6.07, 6.45) is 0. The SMILES string of the molecule is CC(=O)c1cccc(C(C)=O)c1-c1ccccc1-c1ccccc1. The molecule has 0 atom stereocenters. The zero-order valence-corrected chi connectivity index (χ0v) is 13.7. The van der Waals surface area contributed by atoms with E-state index in [0.717, 1.165) is 22.3 Å². The van der Waals surface area contributed by atoms with Gasteiger partial charge >= 0.3 is 0 Å². The fraction of sp³-hybridized carbons (Fsp3) is 0.0909. The third kappa shape index (κ3) is 2.91. The highest BCUT2D eigenvalue weighted by Gasteiger charge is 2.19. The molecule has 0 aliphatic rings. The third-order valence-electron chi connectivity index (χ3n) is 4.10. The standard InChI is InChI=1S/C22H18O2/c1-15(23)18-13-8-14-19(16(2)24)22(18)21-12-7-6-11-20(21)17-9-4-3-5-10-17/h3-14H,1-2H3. The Balaban J connectivity index is 2.35. The van der Waals surface area contributed by atoms with Gasteiger partial charge in [-0.15, -0.1) is 0 Å². The van der Waals surface area contributed by atoms with Gasteiger partial charge in [-0.3, -0.25) is 9.59 Å². The van der Waals surface area contributed by atoms with Crippen LogP contribution in [0.2, 0.25) is 0 Å². The van der Waals surface area contributed by atoms with Crippen LogP contribution in [-0.2, 0) is 0 Å². The number of hydrogen-bond donors (Lipinski definition) is 0. The van der Waals surface area contributed by atoms with Crippen molar-refractivity contribution in [2.45, 2.75) is 13.8 Å². The van der Waals surface area contributed by atoms with E-state index in [4.69, 9.17) is 0 Å². The summed E-state index contributed by atoms with van der Waals surface area (Å²) < 4.78 is 0. The maximum Gasteiger partial charge on any atom is 0.160 e. The van der Waals surface area contributed by atoms with Crippen molar-refractivity contribution in [2.75, 3.05) is 0 Å². The van der Waals surface area contributed by atoms with Crippen molar-refractivity contribution in [2.24, 2.45) is 0 Å². The summed E-state index contributed by atoms with van der Waals surface area (Å²) >= 11 is 0. The van der Waals surface area contributed by atoms with Gasteiger partial charge in [0.1, 0.15) is 0 Å². The van der Waals surface area contributed by atoms with Gasteiger partial charge in [-0.25, -0.2) is 0 Å². The minimum absolute atomic E-state index is 0.0454. The molecule has 0 saturated heterocycles. The number of rotatable bonds is 4. The minimum atomic E-state index is -0.0454. The van der Waals surface area contributed by atoms with E-state index in [2.05, 4.69) is 0 Å². The lowest BCUT2D eigenvalue weighted by molar-refractivity contribution is 0.101. The van der Waals surface area contributed by atoms with Crippen molar-refractivity contribution in [3.8, 4) is 22.3 Å². The zero-order chi connectivity index (χ0) is 17.1. The molecule has 118 valence electrons. The molecule has 0 saturated carbocycles. The van der Waals surface area contributed by atoms with Crippen LogP contribution in [0.1, 0.15) is 34.6 Å². The molecule has 3 aromatic carbocycles. The molecule has 2 nitrogen and oxygen atoms in total. The Kier molecular flexibility index (Phi) is 4.39. The van der Waals surface area contributed by atoms with E-state index in [-0.39, 0.29) is 11.6 Å². The molecule has 0 heterocycles. The van der Waals surface area contributed by atoms with Crippen LogP contribution in [-0.4, -0.2) is 11.6 Å². The predicted molar refractivity (Wildman–Crippen MR) is 97.3 cm³/mol. The van der Waals surface area contributed by atoms with Gasteiger partial charge in [0.25, 0.3) is 0 Å². The quantitative estimate of drug-likeness (QED) is 0.602. The molecule has 0 N–H and O–H groups in total. The Hall–Kier alpha value is -3.00. The normalized spacial score (nSPS) is 10.4. The second kappa shape index (κ2) is 6.63. The second-order valence-corrected chi connectivity index (χ2v) is 5.75. The van der Waals surface area contributed by atoms with Crippen LogP contribution in [0.3, 0.4) is 0 Å². The molecule has 0 bridgehead atoms. The number of hydrogen-bond acceptors (Lipinski definition) is 2. The number of carbonyl (C=O) groups is 2. The van der Waals surface area contributed by atoms with Gasteiger partial charge in [0.05, 0.1) is 0 Å². The van der Waals surface area contributed by atoms with Gasteiger partial charge in [-0.2, -0.15) is 0 Å². The molecule has 0 fully saturated rings. The zero-order valence-electron chi connectivity index (χ0n) is 13.7. The summed E-state index contributed by atoms with van der Waals surface area (Å²) in [5, 5.41) is 0. The first-order valence-electron chi connectivity index (χ1n) is 7.89. The van der Waals surface area contributed by atoms with Crippen LogP contribution in [0.25, 0.3) is 22.3 Å². The summed E-state index contributed by atoms with van der Waals surface area (Å²) in [6.45, 7) is 3.07. The minimum Gasteiger partial charge on any atom is -0.294 e. The lowest BCUT2D eigenvalue weighted by Gasteiger charge is -2.16. The molecule has 0 unspecified atom stereocenters. The predicted octanol–water partition coefficient (Wildman–Crippen LogP) is 5.43. The Morgan fingerprint density at radius 3 is 1.62 bits per heavy atom. The van der Waals surface area contributed by atoms with Crippen LogP contribution in [0.15, 0.2) is 72.8 Å². The fourth-order valence-electron chi connectivity index (χ4n) is 3.00. The number of carbonyl (C=O) groups excluding carboxylic acids is 2. The van der Waals surface area contributed by atoms with E-state index < -0.39 is 0 Å². The van der Waals surface area contributed by atoms with Crippen molar-refractivity contribution in [1.29, 1.82) is 0 Å². The average molecular weight is 314 g/mol. The smallest absolute Gasteiger partial charge is 0.160 e. The van der Waals surface area contributed by atoms with Gasteiger partial charge in [0.15, 0.2) is 11.6 Å². The van der Waals surface area contributed by atoms with Crippen LogP contribution < -0.4 is 0 Å². The first-order chi connectivity index (χ1) is 11.6. The van der Waals surface area contributed by atoms with Crippen molar-refractivity contribution in [3.05, 3.63) is 83.9 Å². The summed E-state index contributed by atoms with van der Waals surface area (Å²) in [6, 6.07) is 23.2. The van der Waals surface area contributed by atoms with E-state index in [1.807, 2.05) is 54.6 Å². The van der Waals surface area contributed by atoms with Gasteiger partial charge < -0.3 is 0 Å². The average Bonchev–Trinajstić information content (AvgIpc) is 2.61. The van der Waals surface area contributed by atoms with E-state index >= 15 is 0 Å². The van der Waals surface area contributed by atoms with Crippen molar-refractivity contribution < 1.29 is 9.59 Å². The highest BCUT2D eigenvalue weighted by atomic mass is 16.1. The maximum atomic E-state index is 12.2. The van der Waals surface area contributed by atoms with Crippen molar-refractivity contribution >= 4 is 11.6 Å². The maximum absolute atomic E-state index is 12.2. The van der Waals surface area contributed by atoms with E-state index in [1.54, 1.807) is 18.2 Å². The molecule has 24 heavy (non-hydrogen) atoms. The number of Topliss-reactive ketones (excluding diaryl/α,β-unsaturated/α-hetero) is 2. The van der Waals surface area contributed by atoms with Gasteiger partial charge in [0.2, 0.25) is 0 Å². The molecule has 0 aromatic heterocycles. The molecule has 3 aromatic rings. The molecule has 3 rings (SSSR count).